The molecule has 0 unspecified atom stereocenters. The van der Waals surface area contributed by atoms with E-state index in [0.29, 0.717) is 0 Å². The lowest BCUT2D eigenvalue weighted by molar-refractivity contribution is -0.137. The summed E-state index contributed by atoms with van der Waals surface area (Å²) in [7, 11) is -3.77. The van der Waals surface area contributed by atoms with Crippen LogP contribution in [0.25, 0.3) is 0 Å². The number of sulfonamides is 1. The largest absolute Gasteiger partial charge is 0.416 e. The van der Waals surface area contributed by atoms with Crippen LogP contribution in [0.4, 0.5) is 24.5 Å². The first kappa shape index (κ1) is 24.9. The molecule has 3 aromatic rings. The number of rotatable bonds is 8. The SMILES string of the molecule is O=C(CCNS(=O)(=O)c1ccccc1)Nc1ccccc1C(=O)Nc1cccc(C(F)(F)F)c1. The van der Waals surface area contributed by atoms with Gasteiger partial charge in [0.1, 0.15) is 0 Å². The Morgan fingerprint density at radius 2 is 1.50 bits per heavy atom. The van der Waals surface area contributed by atoms with Gasteiger partial charge in [0.2, 0.25) is 15.9 Å². The van der Waals surface area contributed by atoms with Gasteiger partial charge >= 0.3 is 6.18 Å². The minimum atomic E-state index is -4.56. The van der Waals surface area contributed by atoms with Crippen molar-refractivity contribution >= 4 is 33.2 Å². The third-order valence-corrected chi connectivity index (χ3v) is 6.07. The van der Waals surface area contributed by atoms with E-state index in [1.807, 2.05) is 0 Å². The first-order valence-corrected chi connectivity index (χ1v) is 11.5. The van der Waals surface area contributed by atoms with E-state index < -0.39 is 33.6 Å². The van der Waals surface area contributed by atoms with Crippen molar-refractivity contribution in [1.29, 1.82) is 0 Å². The first-order valence-electron chi connectivity index (χ1n) is 9.98. The Hall–Kier alpha value is -3.70. The molecule has 0 atom stereocenters. The number of benzene rings is 3. The van der Waals surface area contributed by atoms with Gasteiger partial charge in [0, 0.05) is 18.7 Å². The number of hydrogen-bond acceptors (Lipinski definition) is 4. The van der Waals surface area contributed by atoms with Crippen LogP contribution >= 0.6 is 0 Å². The third kappa shape index (κ3) is 6.65. The van der Waals surface area contributed by atoms with E-state index in [0.717, 1.165) is 12.1 Å². The molecular formula is C23H20F3N3O4S. The number of carbonyl (C=O) groups excluding carboxylic acids is 2. The van der Waals surface area contributed by atoms with Crippen molar-refractivity contribution in [3.63, 3.8) is 0 Å². The molecule has 34 heavy (non-hydrogen) atoms. The molecular weight excluding hydrogens is 471 g/mol. The van der Waals surface area contributed by atoms with Crippen LogP contribution in [0.1, 0.15) is 22.3 Å². The molecule has 0 bridgehead atoms. The second-order valence-electron chi connectivity index (χ2n) is 7.09. The molecule has 0 fully saturated rings. The number of para-hydroxylation sites is 1. The number of amides is 2. The fourth-order valence-electron chi connectivity index (χ4n) is 2.96. The van der Waals surface area contributed by atoms with Crippen molar-refractivity contribution in [3.05, 3.63) is 90.0 Å². The molecule has 0 aliphatic rings. The van der Waals surface area contributed by atoms with Gasteiger partial charge in [-0.05, 0) is 42.5 Å². The van der Waals surface area contributed by atoms with E-state index in [1.165, 1.54) is 42.5 Å². The molecule has 3 N–H and O–H groups in total. The van der Waals surface area contributed by atoms with Gasteiger partial charge in [-0.25, -0.2) is 13.1 Å². The minimum Gasteiger partial charge on any atom is -0.325 e. The van der Waals surface area contributed by atoms with Crippen molar-refractivity contribution in [2.45, 2.75) is 17.5 Å². The van der Waals surface area contributed by atoms with E-state index in [-0.39, 0.29) is 34.8 Å². The van der Waals surface area contributed by atoms with Crippen molar-refractivity contribution in [2.75, 3.05) is 17.2 Å². The quantitative estimate of drug-likeness (QED) is 0.438. The average Bonchev–Trinajstić information content (AvgIpc) is 2.79. The summed E-state index contributed by atoms with van der Waals surface area (Å²) in [6, 6.07) is 17.8. The van der Waals surface area contributed by atoms with Gasteiger partial charge in [-0.15, -0.1) is 0 Å². The fourth-order valence-corrected chi connectivity index (χ4v) is 4.01. The molecule has 178 valence electrons. The topological polar surface area (TPSA) is 104 Å². The maximum absolute atomic E-state index is 12.9. The molecule has 3 aromatic carbocycles. The van der Waals surface area contributed by atoms with Gasteiger partial charge in [-0.3, -0.25) is 9.59 Å². The average molecular weight is 491 g/mol. The Morgan fingerprint density at radius 1 is 0.824 bits per heavy atom. The van der Waals surface area contributed by atoms with Gasteiger partial charge in [0.05, 0.1) is 21.7 Å². The standard InChI is InChI=1S/C23H20F3N3O4S/c24-23(25,26)16-7-6-8-17(15-16)28-22(31)19-11-4-5-12-20(19)29-21(30)13-14-27-34(32,33)18-9-2-1-3-10-18/h1-12,15,27H,13-14H2,(H,28,31)(H,29,30). The van der Waals surface area contributed by atoms with Crippen LogP contribution < -0.4 is 15.4 Å². The summed E-state index contributed by atoms with van der Waals surface area (Å²) in [6.07, 6.45) is -4.77. The van der Waals surface area contributed by atoms with Crippen molar-refractivity contribution in [1.82, 2.24) is 4.72 Å². The molecule has 0 aliphatic heterocycles. The fraction of sp³-hybridized carbons (Fsp3) is 0.130. The van der Waals surface area contributed by atoms with Gasteiger partial charge in [-0.2, -0.15) is 13.2 Å². The number of anilines is 2. The molecule has 0 aliphatic carbocycles. The molecule has 11 heteroatoms. The van der Waals surface area contributed by atoms with Crippen LogP contribution in [0, 0.1) is 0 Å². The van der Waals surface area contributed by atoms with Crippen LogP contribution in [0.2, 0.25) is 0 Å². The number of nitrogens with one attached hydrogen (secondary N) is 3. The summed E-state index contributed by atoms with van der Waals surface area (Å²) < 4.78 is 65.5. The number of hydrogen-bond donors (Lipinski definition) is 3. The van der Waals surface area contributed by atoms with Gasteiger partial charge in [0.25, 0.3) is 5.91 Å². The predicted molar refractivity (Wildman–Crippen MR) is 121 cm³/mol. The van der Waals surface area contributed by atoms with E-state index in [1.54, 1.807) is 24.3 Å². The van der Waals surface area contributed by atoms with Gasteiger partial charge in [0.15, 0.2) is 0 Å². The smallest absolute Gasteiger partial charge is 0.325 e. The molecule has 0 saturated heterocycles. The summed E-state index contributed by atoms with van der Waals surface area (Å²) in [5, 5.41) is 4.91. The Morgan fingerprint density at radius 3 is 2.21 bits per heavy atom. The van der Waals surface area contributed by atoms with Crippen LogP contribution in [-0.2, 0) is 21.0 Å². The lowest BCUT2D eigenvalue weighted by Crippen LogP contribution is -2.28. The van der Waals surface area contributed by atoms with Gasteiger partial charge in [-0.1, -0.05) is 36.4 Å². The molecule has 0 spiro atoms. The van der Waals surface area contributed by atoms with Crippen molar-refractivity contribution in [2.24, 2.45) is 0 Å². The Balaban J connectivity index is 1.63. The third-order valence-electron chi connectivity index (χ3n) is 4.59. The zero-order valence-corrected chi connectivity index (χ0v) is 18.4. The van der Waals surface area contributed by atoms with E-state index in [4.69, 9.17) is 0 Å². The highest BCUT2D eigenvalue weighted by Gasteiger charge is 2.30. The molecule has 0 aromatic heterocycles. The zero-order chi connectivity index (χ0) is 24.8. The minimum absolute atomic E-state index is 0.0260. The molecule has 7 nitrogen and oxygen atoms in total. The summed E-state index contributed by atoms with van der Waals surface area (Å²) in [5.41, 5.74) is -0.817. The highest BCUT2D eigenvalue weighted by molar-refractivity contribution is 7.89. The maximum Gasteiger partial charge on any atom is 0.416 e. The summed E-state index contributed by atoms with van der Waals surface area (Å²) in [4.78, 5) is 25.0. The van der Waals surface area contributed by atoms with Crippen LogP contribution in [0.5, 0.6) is 0 Å². The van der Waals surface area contributed by atoms with Crippen molar-refractivity contribution in [3.8, 4) is 0 Å². The van der Waals surface area contributed by atoms with E-state index in [9.17, 15) is 31.2 Å². The summed E-state index contributed by atoms with van der Waals surface area (Å²) in [6.45, 7) is -0.179. The lowest BCUT2D eigenvalue weighted by Gasteiger charge is -2.13. The highest BCUT2D eigenvalue weighted by atomic mass is 32.2. The Labute approximate surface area is 194 Å². The molecule has 3 rings (SSSR count). The second kappa shape index (κ2) is 10.5. The van der Waals surface area contributed by atoms with E-state index in [2.05, 4.69) is 15.4 Å². The van der Waals surface area contributed by atoms with Crippen LogP contribution in [0.3, 0.4) is 0 Å². The maximum atomic E-state index is 12.9. The lowest BCUT2D eigenvalue weighted by atomic mass is 10.1. The van der Waals surface area contributed by atoms with Crippen molar-refractivity contribution < 1.29 is 31.2 Å². The Bertz CT molecular complexity index is 1280. The van der Waals surface area contributed by atoms with E-state index >= 15 is 0 Å². The summed E-state index contributed by atoms with van der Waals surface area (Å²) in [5.74, 6) is -1.28. The molecule has 2 amide bonds. The normalized spacial score (nSPS) is 11.6. The zero-order valence-electron chi connectivity index (χ0n) is 17.6. The molecule has 0 saturated carbocycles. The highest BCUT2D eigenvalue weighted by Crippen LogP contribution is 2.31. The number of halogens is 3. The predicted octanol–water partition coefficient (Wildman–Crippen LogP) is 4.26. The second-order valence-corrected chi connectivity index (χ2v) is 8.85. The number of carbonyl (C=O) groups is 2. The monoisotopic (exact) mass is 491 g/mol. The summed E-state index contributed by atoms with van der Waals surface area (Å²) >= 11 is 0. The van der Waals surface area contributed by atoms with Gasteiger partial charge < -0.3 is 10.6 Å². The molecule has 0 heterocycles. The first-order chi connectivity index (χ1) is 16.1. The van der Waals surface area contributed by atoms with Crippen LogP contribution in [-0.4, -0.2) is 26.8 Å². The van der Waals surface area contributed by atoms with Crippen LogP contribution in [0.15, 0.2) is 83.8 Å². The Kier molecular flexibility index (Phi) is 7.69. The number of alkyl halides is 3. The molecule has 0 radical (unpaired) electrons.